The Kier molecular flexibility index (Phi) is 4.82. The van der Waals surface area contributed by atoms with Gasteiger partial charge in [-0.1, -0.05) is 55.7 Å². The minimum Gasteiger partial charge on any atom is -0.349 e. The number of benzene rings is 1. The second-order valence-corrected chi connectivity index (χ2v) is 7.53. The molecule has 2 saturated carbocycles. The molecule has 130 valence electrons. The van der Waals surface area contributed by atoms with Crippen LogP contribution in [-0.4, -0.2) is 10.9 Å². The van der Waals surface area contributed by atoms with E-state index in [2.05, 4.69) is 40.6 Å². The molecule has 2 aliphatic rings. The molecular formula is C22H26N2O. The van der Waals surface area contributed by atoms with E-state index < -0.39 is 0 Å². The van der Waals surface area contributed by atoms with Crippen LogP contribution in [0.3, 0.4) is 0 Å². The van der Waals surface area contributed by atoms with E-state index in [0.29, 0.717) is 11.8 Å². The average molecular weight is 334 g/mol. The van der Waals surface area contributed by atoms with Crippen LogP contribution in [0.2, 0.25) is 0 Å². The number of carbonyl (C=O) groups excluding carboxylic acids is 1. The SMILES string of the molecule is O=C(N[C@H](c1ccccc1)C1CCCCC1)[C@H]1C[C@H]1c1cccnc1. The van der Waals surface area contributed by atoms with E-state index in [-0.39, 0.29) is 17.9 Å². The molecule has 0 radical (unpaired) electrons. The largest absolute Gasteiger partial charge is 0.349 e. The number of aromatic nitrogens is 1. The number of hydrogen-bond donors (Lipinski definition) is 1. The zero-order valence-electron chi connectivity index (χ0n) is 14.6. The third-order valence-corrected chi connectivity index (χ3v) is 5.82. The van der Waals surface area contributed by atoms with Gasteiger partial charge in [-0.3, -0.25) is 9.78 Å². The molecule has 3 nitrogen and oxygen atoms in total. The van der Waals surface area contributed by atoms with Crippen molar-refractivity contribution in [3.8, 4) is 0 Å². The number of hydrogen-bond acceptors (Lipinski definition) is 2. The fourth-order valence-corrected chi connectivity index (χ4v) is 4.31. The molecule has 0 unspecified atom stereocenters. The molecule has 2 aliphatic carbocycles. The molecule has 1 N–H and O–H groups in total. The second-order valence-electron chi connectivity index (χ2n) is 7.53. The van der Waals surface area contributed by atoms with Crippen molar-refractivity contribution in [2.24, 2.45) is 11.8 Å². The number of nitrogens with zero attached hydrogens (tertiary/aromatic N) is 1. The number of rotatable bonds is 5. The lowest BCUT2D eigenvalue weighted by molar-refractivity contribution is -0.123. The van der Waals surface area contributed by atoms with Crippen molar-refractivity contribution in [3.63, 3.8) is 0 Å². The van der Waals surface area contributed by atoms with Crippen molar-refractivity contribution in [2.75, 3.05) is 0 Å². The maximum Gasteiger partial charge on any atom is 0.224 e. The molecule has 0 bridgehead atoms. The molecular weight excluding hydrogens is 308 g/mol. The molecule has 1 amide bonds. The average Bonchev–Trinajstić information content (AvgIpc) is 3.49. The first-order valence-corrected chi connectivity index (χ1v) is 9.58. The standard InChI is InChI=1S/C22H26N2O/c25-22(20-14-19(20)18-12-7-13-23-15-18)24-21(16-8-3-1-4-9-16)17-10-5-2-6-11-17/h1,3-4,7-9,12-13,15,17,19-21H,2,5-6,10-11,14H2,(H,24,25)/t19-,20-,21+/m0/s1. The van der Waals surface area contributed by atoms with Crippen LogP contribution in [0.25, 0.3) is 0 Å². The highest BCUT2D eigenvalue weighted by Gasteiger charge is 2.45. The van der Waals surface area contributed by atoms with E-state index in [0.717, 1.165) is 6.42 Å². The monoisotopic (exact) mass is 334 g/mol. The Morgan fingerprint density at radius 3 is 2.56 bits per heavy atom. The molecule has 2 aromatic rings. The van der Waals surface area contributed by atoms with Crippen molar-refractivity contribution in [1.29, 1.82) is 0 Å². The first-order chi connectivity index (χ1) is 12.3. The van der Waals surface area contributed by atoms with Crippen LogP contribution >= 0.6 is 0 Å². The second kappa shape index (κ2) is 7.38. The predicted octanol–water partition coefficient (Wildman–Crippen LogP) is 4.62. The molecule has 4 rings (SSSR count). The Hall–Kier alpha value is -2.16. The molecule has 25 heavy (non-hydrogen) atoms. The number of nitrogens with one attached hydrogen (secondary N) is 1. The summed E-state index contributed by atoms with van der Waals surface area (Å²) < 4.78 is 0. The molecule has 1 heterocycles. The molecule has 3 atom stereocenters. The molecule has 3 heteroatoms. The van der Waals surface area contributed by atoms with Gasteiger partial charge in [0.05, 0.1) is 6.04 Å². The normalized spacial score (nSPS) is 24.5. The van der Waals surface area contributed by atoms with Crippen LogP contribution in [-0.2, 0) is 4.79 Å². The Morgan fingerprint density at radius 1 is 1.04 bits per heavy atom. The number of carbonyl (C=O) groups is 1. The Morgan fingerprint density at radius 2 is 1.84 bits per heavy atom. The summed E-state index contributed by atoms with van der Waals surface area (Å²) in [6.45, 7) is 0. The summed E-state index contributed by atoms with van der Waals surface area (Å²) >= 11 is 0. The van der Waals surface area contributed by atoms with Crippen LogP contribution < -0.4 is 5.32 Å². The summed E-state index contributed by atoms with van der Waals surface area (Å²) in [7, 11) is 0. The third kappa shape index (κ3) is 3.76. The van der Waals surface area contributed by atoms with E-state index in [4.69, 9.17) is 0 Å². The predicted molar refractivity (Wildman–Crippen MR) is 99.0 cm³/mol. The van der Waals surface area contributed by atoms with Gasteiger partial charge in [0.15, 0.2) is 0 Å². The van der Waals surface area contributed by atoms with Crippen molar-refractivity contribution in [1.82, 2.24) is 10.3 Å². The highest BCUT2D eigenvalue weighted by Crippen LogP contribution is 2.48. The molecule has 1 aromatic carbocycles. The van der Waals surface area contributed by atoms with Crippen LogP contribution in [0.5, 0.6) is 0 Å². The highest BCUT2D eigenvalue weighted by molar-refractivity contribution is 5.83. The van der Waals surface area contributed by atoms with Crippen LogP contribution in [0, 0.1) is 11.8 Å². The third-order valence-electron chi connectivity index (χ3n) is 5.82. The lowest BCUT2D eigenvalue weighted by atomic mass is 9.81. The molecule has 2 fully saturated rings. The van der Waals surface area contributed by atoms with E-state index in [1.165, 1.54) is 43.2 Å². The lowest BCUT2D eigenvalue weighted by Gasteiger charge is -2.31. The smallest absolute Gasteiger partial charge is 0.224 e. The van der Waals surface area contributed by atoms with Crippen molar-refractivity contribution in [3.05, 3.63) is 66.0 Å². The van der Waals surface area contributed by atoms with Gasteiger partial charge in [-0.05, 0) is 48.3 Å². The van der Waals surface area contributed by atoms with Gasteiger partial charge in [0.25, 0.3) is 0 Å². The van der Waals surface area contributed by atoms with E-state index >= 15 is 0 Å². The molecule has 0 saturated heterocycles. The zero-order chi connectivity index (χ0) is 17.1. The Bertz CT molecular complexity index is 694. The van der Waals surface area contributed by atoms with Crippen LogP contribution in [0.1, 0.15) is 61.6 Å². The van der Waals surface area contributed by atoms with E-state index in [1.54, 1.807) is 6.20 Å². The van der Waals surface area contributed by atoms with Crippen LogP contribution in [0.15, 0.2) is 54.9 Å². The molecule has 0 aliphatic heterocycles. The summed E-state index contributed by atoms with van der Waals surface area (Å²) in [5.41, 5.74) is 2.44. The summed E-state index contributed by atoms with van der Waals surface area (Å²) in [5, 5.41) is 3.41. The summed E-state index contributed by atoms with van der Waals surface area (Å²) in [6, 6.07) is 14.7. The fraction of sp³-hybridized carbons (Fsp3) is 0.455. The van der Waals surface area contributed by atoms with Crippen molar-refractivity contribution < 1.29 is 4.79 Å². The van der Waals surface area contributed by atoms with Gasteiger partial charge in [-0.2, -0.15) is 0 Å². The van der Waals surface area contributed by atoms with Gasteiger partial charge < -0.3 is 5.32 Å². The molecule has 0 spiro atoms. The topological polar surface area (TPSA) is 42.0 Å². The number of pyridine rings is 1. The maximum absolute atomic E-state index is 12.9. The minimum atomic E-state index is 0.110. The Labute approximate surface area is 149 Å². The summed E-state index contributed by atoms with van der Waals surface area (Å²) in [5.74, 6) is 1.24. The van der Waals surface area contributed by atoms with Gasteiger partial charge in [0.1, 0.15) is 0 Å². The van der Waals surface area contributed by atoms with Crippen molar-refractivity contribution in [2.45, 2.75) is 50.5 Å². The van der Waals surface area contributed by atoms with Gasteiger partial charge in [-0.15, -0.1) is 0 Å². The first-order valence-electron chi connectivity index (χ1n) is 9.58. The fourth-order valence-electron chi connectivity index (χ4n) is 4.31. The summed E-state index contributed by atoms with van der Waals surface area (Å²) in [6.07, 6.45) is 11.0. The maximum atomic E-state index is 12.9. The van der Waals surface area contributed by atoms with Gasteiger partial charge in [0.2, 0.25) is 5.91 Å². The van der Waals surface area contributed by atoms with Gasteiger partial charge >= 0.3 is 0 Å². The zero-order valence-corrected chi connectivity index (χ0v) is 14.6. The van der Waals surface area contributed by atoms with Crippen LogP contribution in [0.4, 0.5) is 0 Å². The van der Waals surface area contributed by atoms with Crippen molar-refractivity contribution >= 4 is 5.91 Å². The highest BCUT2D eigenvalue weighted by atomic mass is 16.2. The first kappa shape index (κ1) is 16.3. The van der Waals surface area contributed by atoms with Gasteiger partial charge in [-0.25, -0.2) is 0 Å². The Balaban J connectivity index is 1.46. The lowest BCUT2D eigenvalue weighted by Crippen LogP contribution is -2.35. The quantitative estimate of drug-likeness (QED) is 0.866. The number of amides is 1. The van der Waals surface area contributed by atoms with E-state index in [9.17, 15) is 4.79 Å². The van der Waals surface area contributed by atoms with Gasteiger partial charge in [0, 0.05) is 18.3 Å². The molecule has 1 aromatic heterocycles. The minimum absolute atomic E-state index is 0.110. The van der Waals surface area contributed by atoms with E-state index in [1.807, 2.05) is 18.3 Å². The summed E-state index contributed by atoms with van der Waals surface area (Å²) in [4.78, 5) is 17.1.